The summed E-state index contributed by atoms with van der Waals surface area (Å²) >= 11 is 2.98. The molecular weight excluding hydrogens is 207 g/mol. The van der Waals surface area contributed by atoms with Crippen molar-refractivity contribution in [2.24, 2.45) is 0 Å². The third-order valence-electron chi connectivity index (χ3n) is 0.923. The van der Waals surface area contributed by atoms with Crippen molar-refractivity contribution in [3.05, 3.63) is 12.7 Å². The van der Waals surface area contributed by atoms with Crippen molar-refractivity contribution in [3.8, 4) is 0 Å². The minimum atomic E-state index is -0.981. The third-order valence-corrected chi connectivity index (χ3v) is 1.53. The van der Waals surface area contributed by atoms with Crippen LogP contribution in [0.25, 0.3) is 0 Å². The van der Waals surface area contributed by atoms with E-state index in [-0.39, 0.29) is 0 Å². The van der Waals surface area contributed by atoms with E-state index >= 15 is 0 Å². The van der Waals surface area contributed by atoms with E-state index in [1.807, 2.05) is 0 Å². The van der Waals surface area contributed by atoms with Crippen LogP contribution in [0.15, 0.2) is 12.7 Å². The average molecular weight is 222 g/mol. The van der Waals surface area contributed by atoms with Crippen molar-refractivity contribution in [2.75, 3.05) is 0 Å². The Labute approximate surface area is 76.5 Å². The Bertz CT molecular complexity index is 98.3. The molecule has 1 radical (unpaired) electrons. The van der Waals surface area contributed by atoms with Crippen LogP contribution in [-0.2, 0) is 4.79 Å². The minimum absolute atomic E-state index is 0.833. The van der Waals surface area contributed by atoms with Gasteiger partial charge in [-0.15, -0.1) is 0 Å². The first-order chi connectivity index (χ1) is 5.18. The summed E-state index contributed by atoms with van der Waals surface area (Å²) in [5.41, 5.74) is 0. The molecule has 0 heterocycles. The Kier molecular flexibility index (Phi) is 15.0. The van der Waals surface area contributed by atoms with Crippen LogP contribution in [0, 0.1) is 0 Å². The first kappa shape index (κ1) is 13.3. The Hall–Kier alpha value is -0.271. The molecule has 0 aliphatic rings. The zero-order valence-corrected chi connectivity index (χ0v) is 8.59. The molecule has 0 aromatic carbocycles. The van der Waals surface area contributed by atoms with Crippen LogP contribution in [0.2, 0.25) is 5.32 Å². The van der Waals surface area contributed by atoms with E-state index in [4.69, 9.17) is 5.11 Å². The van der Waals surface area contributed by atoms with E-state index in [9.17, 15) is 4.79 Å². The second-order valence-corrected chi connectivity index (χ2v) is 2.81. The van der Waals surface area contributed by atoms with Gasteiger partial charge in [0.25, 0.3) is 0 Å². The third kappa shape index (κ3) is 26.0. The Morgan fingerprint density at radius 1 is 1.64 bits per heavy atom. The molecule has 0 atom stereocenters. The molecule has 0 aromatic rings. The maximum atomic E-state index is 9.25. The number of aliphatic carboxylic acids is 1. The molecule has 1 N–H and O–H groups in total. The summed E-state index contributed by atoms with van der Waals surface area (Å²) in [6.45, 7) is 5.18. The first-order valence-electron chi connectivity index (χ1n) is 3.62. The fraction of sp³-hybridized carbons (Fsp3) is 0.625. The molecule has 0 saturated heterocycles. The van der Waals surface area contributed by atoms with Gasteiger partial charge in [0.15, 0.2) is 0 Å². The molecule has 0 saturated carbocycles. The van der Waals surface area contributed by atoms with Crippen LogP contribution in [0.1, 0.15) is 26.2 Å². The molecule has 0 aliphatic carbocycles. The number of hydrogen-bond acceptors (Lipinski definition) is 1. The number of carbonyl (C=O) groups is 1. The van der Waals surface area contributed by atoms with Crippen molar-refractivity contribution in [1.29, 1.82) is 0 Å². The molecule has 0 spiro atoms. The number of carboxylic acid groups (broad SMARTS) is 1. The summed E-state index contributed by atoms with van der Waals surface area (Å²) in [7, 11) is 0. The zero-order chi connectivity index (χ0) is 9.11. The maximum absolute atomic E-state index is 9.25. The Balaban J connectivity index is 0. The summed E-state index contributed by atoms with van der Waals surface area (Å²) in [4.78, 5) is 9.25. The van der Waals surface area contributed by atoms with Crippen LogP contribution in [-0.4, -0.2) is 27.1 Å². The SMILES string of the molecule is C=CC(=O)O.CCCCC[Se]. The predicted octanol–water partition coefficient (Wildman–Crippen LogP) is 2.02. The molecule has 2 nitrogen and oxygen atoms in total. The molecule has 0 fully saturated rings. The van der Waals surface area contributed by atoms with Crippen molar-refractivity contribution in [2.45, 2.75) is 31.5 Å². The van der Waals surface area contributed by atoms with Gasteiger partial charge < -0.3 is 5.11 Å². The van der Waals surface area contributed by atoms with E-state index < -0.39 is 5.97 Å². The van der Waals surface area contributed by atoms with Gasteiger partial charge in [0, 0.05) is 6.08 Å². The predicted molar refractivity (Wildman–Crippen MR) is 47.9 cm³/mol. The summed E-state index contributed by atoms with van der Waals surface area (Å²) in [5.74, 6) is -0.981. The molecule has 0 rings (SSSR count). The molecule has 65 valence electrons. The second-order valence-electron chi connectivity index (χ2n) is 1.95. The quantitative estimate of drug-likeness (QED) is 0.449. The van der Waals surface area contributed by atoms with Crippen molar-refractivity contribution >= 4 is 22.0 Å². The van der Waals surface area contributed by atoms with Crippen molar-refractivity contribution in [1.82, 2.24) is 0 Å². The van der Waals surface area contributed by atoms with Gasteiger partial charge in [-0.2, -0.15) is 0 Å². The monoisotopic (exact) mass is 223 g/mol. The summed E-state index contributed by atoms with van der Waals surface area (Å²) in [6, 6.07) is 0. The topological polar surface area (TPSA) is 37.3 Å². The summed E-state index contributed by atoms with van der Waals surface area (Å²) in [5, 5.41) is 8.83. The molecule has 0 aliphatic heterocycles. The summed E-state index contributed by atoms with van der Waals surface area (Å²) in [6.07, 6.45) is 4.91. The average Bonchev–Trinajstić information content (AvgIpc) is 2.02. The Morgan fingerprint density at radius 2 is 2.09 bits per heavy atom. The van der Waals surface area contributed by atoms with Gasteiger partial charge >= 0.3 is 53.5 Å². The van der Waals surface area contributed by atoms with E-state index in [1.54, 1.807) is 0 Å². The molecular formula is C8H15O2Se. The molecule has 0 amide bonds. The van der Waals surface area contributed by atoms with Gasteiger partial charge in [-0.1, -0.05) is 6.58 Å². The van der Waals surface area contributed by atoms with E-state index in [1.165, 1.54) is 24.6 Å². The van der Waals surface area contributed by atoms with Crippen LogP contribution in [0.4, 0.5) is 0 Å². The van der Waals surface area contributed by atoms with Gasteiger partial charge in [-0.3, -0.25) is 0 Å². The molecule has 3 heteroatoms. The second kappa shape index (κ2) is 12.4. The number of hydrogen-bond donors (Lipinski definition) is 1. The normalized spacial score (nSPS) is 7.82. The fourth-order valence-corrected chi connectivity index (χ4v) is 0.780. The van der Waals surface area contributed by atoms with E-state index in [0.29, 0.717) is 0 Å². The standard InChI is InChI=1S/C5H11Se.C3H4O2/c1-2-3-4-5-6;1-2-3(4)5/h2-5H2,1H3;2H,1H2,(H,4,5). The number of carboxylic acids is 1. The van der Waals surface area contributed by atoms with Gasteiger partial charge in [0.1, 0.15) is 0 Å². The summed E-state index contributed by atoms with van der Waals surface area (Å²) < 4.78 is 0. The molecule has 0 bridgehead atoms. The van der Waals surface area contributed by atoms with Crippen LogP contribution in [0.5, 0.6) is 0 Å². The number of rotatable bonds is 4. The zero-order valence-electron chi connectivity index (χ0n) is 6.88. The first-order valence-corrected chi connectivity index (χ1v) is 4.83. The van der Waals surface area contributed by atoms with E-state index in [2.05, 4.69) is 29.5 Å². The van der Waals surface area contributed by atoms with Gasteiger partial charge in [0.2, 0.25) is 0 Å². The van der Waals surface area contributed by atoms with Gasteiger partial charge in [-0.05, 0) is 0 Å². The van der Waals surface area contributed by atoms with Gasteiger partial charge in [-0.25, -0.2) is 4.79 Å². The van der Waals surface area contributed by atoms with Crippen molar-refractivity contribution < 1.29 is 9.90 Å². The molecule has 0 aromatic heterocycles. The van der Waals surface area contributed by atoms with Crippen molar-refractivity contribution in [3.63, 3.8) is 0 Å². The molecule has 11 heavy (non-hydrogen) atoms. The van der Waals surface area contributed by atoms with Crippen LogP contribution < -0.4 is 0 Å². The van der Waals surface area contributed by atoms with Gasteiger partial charge in [0.05, 0.1) is 0 Å². The number of unbranched alkanes of at least 4 members (excludes halogenated alkanes) is 2. The van der Waals surface area contributed by atoms with E-state index in [0.717, 1.165) is 6.08 Å². The molecule has 0 unspecified atom stereocenters. The fourth-order valence-electron chi connectivity index (χ4n) is 0.352. The van der Waals surface area contributed by atoms with Crippen LogP contribution in [0.3, 0.4) is 0 Å². The Morgan fingerprint density at radius 3 is 2.18 bits per heavy atom. The van der Waals surface area contributed by atoms with Crippen LogP contribution >= 0.6 is 0 Å².